The molecule has 0 unspecified atom stereocenters. The number of nitrogens with one attached hydrogen (secondary N) is 1. The molecule has 0 amide bonds. The Morgan fingerprint density at radius 2 is 2.05 bits per heavy atom. The number of halogens is 2. The summed E-state index contributed by atoms with van der Waals surface area (Å²) in [6.45, 7) is 4.02. The summed E-state index contributed by atoms with van der Waals surface area (Å²) >= 11 is 5.61. The maximum absolute atomic E-state index is 13.2. The first-order valence-corrected chi connectivity index (χ1v) is 6.93. The lowest BCUT2D eigenvalue weighted by Gasteiger charge is -2.05. The Hall–Kier alpha value is -1.52. The van der Waals surface area contributed by atoms with Crippen LogP contribution in [0, 0.1) is 5.82 Å². The van der Waals surface area contributed by atoms with E-state index in [4.69, 9.17) is 20.8 Å². The molecule has 2 rings (SSSR count). The second-order valence-electron chi connectivity index (χ2n) is 4.41. The van der Waals surface area contributed by atoms with E-state index in [0.717, 1.165) is 18.7 Å². The molecule has 5 heteroatoms. The maximum Gasteiger partial charge on any atom is 0.146 e. The van der Waals surface area contributed by atoms with Crippen molar-refractivity contribution in [2.45, 2.75) is 26.5 Å². The highest BCUT2D eigenvalue weighted by Gasteiger charge is 2.05. The fourth-order valence-electron chi connectivity index (χ4n) is 1.70. The van der Waals surface area contributed by atoms with E-state index in [-0.39, 0.29) is 11.6 Å². The Bertz CT molecular complexity index is 557. The predicted molar refractivity (Wildman–Crippen MR) is 76.4 cm³/mol. The number of benzene rings is 1. The number of hydrogen-bond donors (Lipinski definition) is 1. The van der Waals surface area contributed by atoms with E-state index >= 15 is 0 Å². The van der Waals surface area contributed by atoms with Gasteiger partial charge in [0, 0.05) is 6.07 Å². The van der Waals surface area contributed by atoms with Gasteiger partial charge >= 0.3 is 0 Å². The van der Waals surface area contributed by atoms with Crippen molar-refractivity contribution in [3.05, 3.63) is 52.7 Å². The Morgan fingerprint density at radius 3 is 2.80 bits per heavy atom. The second kappa shape index (κ2) is 7.31. The summed E-state index contributed by atoms with van der Waals surface area (Å²) in [6, 6.07) is 8.11. The van der Waals surface area contributed by atoms with Crippen molar-refractivity contribution in [3.8, 4) is 5.75 Å². The molecule has 0 saturated carbocycles. The van der Waals surface area contributed by atoms with E-state index in [2.05, 4.69) is 12.2 Å². The van der Waals surface area contributed by atoms with Gasteiger partial charge in [0.15, 0.2) is 0 Å². The standard InChI is InChI=1S/C15H17ClFNO2/c1-2-7-18-9-12-3-4-13(20-12)10-19-11-5-6-14(16)15(17)8-11/h3-6,8,18H,2,7,9-10H2,1H3. The molecule has 1 aromatic carbocycles. The van der Waals surface area contributed by atoms with Crippen LogP contribution >= 0.6 is 11.6 Å². The Labute approximate surface area is 122 Å². The number of hydrogen-bond acceptors (Lipinski definition) is 3. The van der Waals surface area contributed by atoms with Crippen LogP contribution in [0.4, 0.5) is 4.39 Å². The molecule has 0 radical (unpaired) electrons. The fraction of sp³-hybridized carbons (Fsp3) is 0.333. The van der Waals surface area contributed by atoms with E-state index in [0.29, 0.717) is 18.1 Å². The van der Waals surface area contributed by atoms with Crippen LogP contribution in [0.3, 0.4) is 0 Å². The Balaban J connectivity index is 1.85. The van der Waals surface area contributed by atoms with Gasteiger partial charge < -0.3 is 14.5 Å². The zero-order chi connectivity index (χ0) is 14.4. The van der Waals surface area contributed by atoms with Crippen LogP contribution in [0.1, 0.15) is 24.9 Å². The quantitative estimate of drug-likeness (QED) is 0.780. The molecule has 0 spiro atoms. The minimum absolute atomic E-state index is 0.0830. The van der Waals surface area contributed by atoms with Crippen molar-refractivity contribution < 1.29 is 13.5 Å². The van der Waals surface area contributed by atoms with Crippen LogP contribution in [0.15, 0.2) is 34.7 Å². The third-order valence-electron chi connectivity index (χ3n) is 2.72. The first-order valence-electron chi connectivity index (χ1n) is 6.55. The van der Waals surface area contributed by atoms with Crippen molar-refractivity contribution in [2.75, 3.05) is 6.54 Å². The van der Waals surface area contributed by atoms with Gasteiger partial charge in [0.05, 0.1) is 11.6 Å². The first-order chi connectivity index (χ1) is 9.69. The molecule has 0 atom stereocenters. The average Bonchev–Trinajstić information content (AvgIpc) is 2.88. The molecule has 1 aromatic heterocycles. The number of furan rings is 1. The predicted octanol–water partition coefficient (Wildman–Crippen LogP) is 4.15. The highest BCUT2D eigenvalue weighted by Crippen LogP contribution is 2.21. The van der Waals surface area contributed by atoms with Gasteiger partial charge in [-0.1, -0.05) is 18.5 Å². The molecule has 0 aliphatic rings. The number of ether oxygens (including phenoxy) is 1. The van der Waals surface area contributed by atoms with Gasteiger partial charge in [0.1, 0.15) is 29.7 Å². The van der Waals surface area contributed by atoms with E-state index in [1.807, 2.05) is 12.1 Å². The van der Waals surface area contributed by atoms with E-state index in [9.17, 15) is 4.39 Å². The van der Waals surface area contributed by atoms with Crippen molar-refractivity contribution >= 4 is 11.6 Å². The maximum atomic E-state index is 13.2. The Kier molecular flexibility index (Phi) is 5.44. The molecule has 3 nitrogen and oxygen atoms in total. The van der Waals surface area contributed by atoms with Crippen LogP contribution in [0.5, 0.6) is 5.75 Å². The molecular weight excluding hydrogens is 281 g/mol. The van der Waals surface area contributed by atoms with Crippen molar-refractivity contribution in [1.29, 1.82) is 0 Å². The fourth-order valence-corrected chi connectivity index (χ4v) is 1.82. The normalized spacial score (nSPS) is 10.8. The van der Waals surface area contributed by atoms with Gasteiger partial charge in [-0.3, -0.25) is 0 Å². The largest absolute Gasteiger partial charge is 0.486 e. The van der Waals surface area contributed by atoms with Crippen molar-refractivity contribution in [3.63, 3.8) is 0 Å². The second-order valence-corrected chi connectivity index (χ2v) is 4.82. The molecular formula is C15H17ClFNO2. The van der Waals surface area contributed by atoms with Gasteiger partial charge in [-0.15, -0.1) is 0 Å². The van der Waals surface area contributed by atoms with Gasteiger partial charge in [0.2, 0.25) is 0 Å². The molecule has 20 heavy (non-hydrogen) atoms. The van der Waals surface area contributed by atoms with Crippen LogP contribution in [-0.2, 0) is 13.2 Å². The molecule has 0 saturated heterocycles. The Morgan fingerprint density at radius 1 is 1.25 bits per heavy atom. The third kappa shape index (κ3) is 4.25. The summed E-state index contributed by atoms with van der Waals surface area (Å²) in [5.41, 5.74) is 0. The molecule has 0 aliphatic carbocycles. The minimum atomic E-state index is -0.493. The topological polar surface area (TPSA) is 34.4 Å². The zero-order valence-corrected chi connectivity index (χ0v) is 12.0. The lowest BCUT2D eigenvalue weighted by molar-refractivity contribution is 0.264. The summed E-state index contributed by atoms with van der Waals surface area (Å²) in [6.07, 6.45) is 1.08. The van der Waals surface area contributed by atoms with E-state index in [1.54, 1.807) is 6.07 Å². The summed E-state index contributed by atoms with van der Waals surface area (Å²) in [5, 5.41) is 3.34. The molecule has 1 heterocycles. The summed E-state index contributed by atoms with van der Waals surface area (Å²) in [5.74, 6) is 1.50. The molecule has 0 aliphatic heterocycles. The van der Waals surface area contributed by atoms with Crippen molar-refractivity contribution in [1.82, 2.24) is 5.32 Å². The molecule has 1 N–H and O–H groups in total. The van der Waals surface area contributed by atoms with E-state index < -0.39 is 5.82 Å². The lowest BCUT2D eigenvalue weighted by atomic mass is 10.3. The molecule has 2 aromatic rings. The highest BCUT2D eigenvalue weighted by atomic mass is 35.5. The minimum Gasteiger partial charge on any atom is -0.486 e. The van der Waals surface area contributed by atoms with Crippen LogP contribution in [-0.4, -0.2) is 6.54 Å². The molecule has 108 valence electrons. The first kappa shape index (κ1) is 14.9. The summed E-state index contributed by atoms with van der Waals surface area (Å²) in [7, 11) is 0. The SMILES string of the molecule is CCCNCc1ccc(COc2ccc(Cl)c(F)c2)o1. The smallest absolute Gasteiger partial charge is 0.146 e. The number of rotatable bonds is 7. The van der Waals surface area contributed by atoms with Gasteiger partial charge in [-0.05, 0) is 37.2 Å². The van der Waals surface area contributed by atoms with Crippen LogP contribution in [0.2, 0.25) is 5.02 Å². The average molecular weight is 298 g/mol. The molecule has 0 fully saturated rings. The van der Waals surface area contributed by atoms with E-state index in [1.165, 1.54) is 12.1 Å². The van der Waals surface area contributed by atoms with Crippen LogP contribution < -0.4 is 10.1 Å². The molecule has 0 bridgehead atoms. The van der Waals surface area contributed by atoms with Gasteiger partial charge in [-0.25, -0.2) is 4.39 Å². The van der Waals surface area contributed by atoms with Crippen molar-refractivity contribution in [2.24, 2.45) is 0 Å². The van der Waals surface area contributed by atoms with Gasteiger partial charge in [0.25, 0.3) is 0 Å². The third-order valence-corrected chi connectivity index (χ3v) is 3.02. The monoisotopic (exact) mass is 297 g/mol. The summed E-state index contributed by atoms with van der Waals surface area (Å²) < 4.78 is 24.3. The highest BCUT2D eigenvalue weighted by molar-refractivity contribution is 6.30. The van der Waals surface area contributed by atoms with Crippen LogP contribution in [0.25, 0.3) is 0 Å². The summed E-state index contributed by atoms with van der Waals surface area (Å²) in [4.78, 5) is 0. The van der Waals surface area contributed by atoms with Gasteiger partial charge in [-0.2, -0.15) is 0 Å². The lowest BCUT2D eigenvalue weighted by Crippen LogP contribution is -2.13. The zero-order valence-electron chi connectivity index (χ0n) is 11.3.